The molecule has 1 aromatic rings. The smallest absolute Gasteiger partial charge is 0.332 e. The lowest BCUT2D eigenvalue weighted by Crippen LogP contribution is -2.30. The van der Waals surface area contributed by atoms with Crippen LogP contribution in [-0.2, 0) is 25.5 Å². The molecule has 1 saturated heterocycles. The van der Waals surface area contributed by atoms with Gasteiger partial charge in [0.15, 0.2) is 6.10 Å². The zero-order chi connectivity index (χ0) is 15.4. The molecule has 0 bridgehead atoms. The number of rotatable bonds is 5. The Bertz CT molecular complexity index is 572. The van der Waals surface area contributed by atoms with E-state index in [1.54, 1.807) is 24.3 Å². The second-order valence-corrected chi connectivity index (χ2v) is 4.82. The standard InChI is InChI=1S/C14H16N2O5/c15-12(17)7-8-3-1-2-4-9(8)16-13(18)10-5-6-11(21-10)14(19)20/h1-4,10-11H,5-7H2,(H2,15,17)(H,16,18)(H,19,20)/t10-,11+/m0/s1. The highest BCUT2D eigenvalue weighted by molar-refractivity contribution is 5.96. The molecule has 2 atom stereocenters. The van der Waals surface area contributed by atoms with Crippen molar-refractivity contribution in [3.05, 3.63) is 29.8 Å². The molecule has 0 saturated carbocycles. The molecule has 1 aliphatic heterocycles. The number of hydrogen-bond donors (Lipinski definition) is 3. The summed E-state index contributed by atoms with van der Waals surface area (Å²) in [6.07, 6.45) is -1.08. The minimum atomic E-state index is -1.07. The largest absolute Gasteiger partial charge is 0.479 e. The third kappa shape index (κ3) is 3.79. The van der Waals surface area contributed by atoms with Gasteiger partial charge in [-0.05, 0) is 24.5 Å². The Hall–Kier alpha value is -2.41. The maximum absolute atomic E-state index is 12.1. The number of carbonyl (C=O) groups is 3. The van der Waals surface area contributed by atoms with E-state index in [0.29, 0.717) is 24.1 Å². The van der Waals surface area contributed by atoms with Gasteiger partial charge in [-0.2, -0.15) is 0 Å². The van der Waals surface area contributed by atoms with E-state index in [1.165, 1.54) is 0 Å². The van der Waals surface area contributed by atoms with E-state index in [-0.39, 0.29) is 6.42 Å². The third-order valence-corrected chi connectivity index (χ3v) is 3.23. The van der Waals surface area contributed by atoms with Crippen LogP contribution >= 0.6 is 0 Å². The van der Waals surface area contributed by atoms with Crippen molar-refractivity contribution in [1.82, 2.24) is 0 Å². The van der Waals surface area contributed by atoms with Gasteiger partial charge in [0.2, 0.25) is 5.91 Å². The average molecular weight is 292 g/mol. The zero-order valence-corrected chi connectivity index (χ0v) is 11.2. The number of ether oxygens (including phenoxy) is 1. The first kappa shape index (κ1) is 15.0. The Kier molecular flexibility index (Phi) is 4.54. The van der Waals surface area contributed by atoms with Crippen LogP contribution in [0.25, 0.3) is 0 Å². The molecule has 7 nitrogen and oxygen atoms in total. The van der Waals surface area contributed by atoms with Gasteiger partial charge in [-0.15, -0.1) is 0 Å². The quantitative estimate of drug-likeness (QED) is 0.720. The first-order valence-electron chi connectivity index (χ1n) is 6.52. The molecule has 0 aromatic heterocycles. The van der Waals surface area contributed by atoms with E-state index in [2.05, 4.69) is 5.32 Å². The summed E-state index contributed by atoms with van der Waals surface area (Å²) in [6.45, 7) is 0. The number of amides is 2. The molecule has 2 amide bonds. The molecular formula is C14H16N2O5. The molecule has 0 aliphatic carbocycles. The molecule has 1 heterocycles. The molecule has 1 aromatic carbocycles. The van der Waals surface area contributed by atoms with Gasteiger partial charge < -0.3 is 20.9 Å². The Morgan fingerprint density at radius 1 is 1.24 bits per heavy atom. The molecule has 4 N–H and O–H groups in total. The summed E-state index contributed by atoms with van der Waals surface area (Å²) in [5.41, 5.74) is 6.23. The highest BCUT2D eigenvalue weighted by Crippen LogP contribution is 2.22. The summed E-state index contributed by atoms with van der Waals surface area (Å²) in [5.74, 6) is -1.99. The van der Waals surface area contributed by atoms with Crippen molar-refractivity contribution in [3.8, 4) is 0 Å². The Morgan fingerprint density at radius 2 is 1.90 bits per heavy atom. The Morgan fingerprint density at radius 3 is 2.52 bits per heavy atom. The second kappa shape index (κ2) is 6.36. The van der Waals surface area contributed by atoms with E-state index in [1.807, 2.05) is 0 Å². The van der Waals surface area contributed by atoms with Crippen LogP contribution in [0.5, 0.6) is 0 Å². The van der Waals surface area contributed by atoms with E-state index >= 15 is 0 Å². The molecule has 1 fully saturated rings. The van der Waals surface area contributed by atoms with Crippen molar-refractivity contribution in [1.29, 1.82) is 0 Å². The van der Waals surface area contributed by atoms with Crippen LogP contribution in [0, 0.1) is 0 Å². The van der Waals surface area contributed by atoms with Crippen LogP contribution in [0.15, 0.2) is 24.3 Å². The lowest BCUT2D eigenvalue weighted by molar-refractivity contribution is -0.150. The van der Waals surface area contributed by atoms with Gasteiger partial charge >= 0.3 is 5.97 Å². The van der Waals surface area contributed by atoms with Crippen molar-refractivity contribution in [2.75, 3.05) is 5.32 Å². The number of anilines is 1. The van der Waals surface area contributed by atoms with Crippen molar-refractivity contribution in [3.63, 3.8) is 0 Å². The van der Waals surface area contributed by atoms with Crippen LogP contribution in [0.3, 0.4) is 0 Å². The van der Waals surface area contributed by atoms with E-state index < -0.39 is 30.0 Å². The first-order valence-corrected chi connectivity index (χ1v) is 6.52. The van der Waals surface area contributed by atoms with Gasteiger partial charge in [-0.25, -0.2) is 4.79 Å². The summed E-state index contributed by atoms with van der Waals surface area (Å²) in [7, 11) is 0. The van der Waals surface area contributed by atoms with Crippen LogP contribution in [-0.4, -0.2) is 35.1 Å². The fraction of sp³-hybridized carbons (Fsp3) is 0.357. The molecule has 7 heteroatoms. The fourth-order valence-electron chi connectivity index (χ4n) is 2.21. The SMILES string of the molecule is NC(=O)Cc1ccccc1NC(=O)[C@@H]1CC[C@H](C(=O)O)O1. The molecule has 2 rings (SSSR count). The zero-order valence-electron chi connectivity index (χ0n) is 11.2. The van der Waals surface area contributed by atoms with Crippen molar-refractivity contribution in [2.24, 2.45) is 5.73 Å². The van der Waals surface area contributed by atoms with Gasteiger partial charge in [0.25, 0.3) is 5.91 Å². The number of hydrogen-bond acceptors (Lipinski definition) is 4. The summed E-state index contributed by atoms with van der Waals surface area (Å²) in [6, 6.07) is 6.80. The lowest BCUT2D eigenvalue weighted by atomic mass is 10.1. The molecular weight excluding hydrogens is 276 g/mol. The van der Waals surface area contributed by atoms with Crippen molar-refractivity contribution < 1.29 is 24.2 Å². The number of aliphatic carboxylic acids is 1. The predicted molar refractivity (Wildman–Crippen MR) is 73.5 cm³/mol. The van der Waals surface area contributed by atoms with Crippen LogP contribution in [0.2, 0.25) is 0 Å². The molecule has 0 unspecified atom stereocenters. The Balaban J connectivity index is 2.03. The molecule has 0 radical (unpaired) electrons. The number of nitrogens with one attached hydrogen (secondary N) is 1. The Labute approximate surface area is 121 Å². The summed E-state index contributed by atoms with van der Waals surface area (Å²) in [4.78, 5) is 33.9. The van der Waals surface area contributed by atoms with E-state index in [4.69, 9.17) is 15.6 Å². The lowest BCUT2D eigenvalue weighted by Gasteiger charge is -2.14. The molecule has 0 spiro atoms. The summed E-state index contributed by atoms with van der Waals surface area (Å²) in [5, 5.41) is 11.5. The van der Waals surface area contributed by atoms with Crippen LogP contribution in [0.4, 0.5) is 5.69 Å². The second-order valence-electron chi connectivity index (χ2n) is 4.82. The number of para-hydroxylation sites is 1. The number of primary amides is 1. The molecule has 112 valence electrons. The summed E-state index contributed by atoms with van der Waals surface area (Å²) < 4.78 is 5.17. The van der Waals surface area contributed by atoms with E-state index in [0.717, 1.165) is 0 Å². The van der Waals surface area contributed by atoms with Crippen molar-refractivity contribution >= 4 is 23.5 Å². The number of carboxylic acids is 1. The van der Waals surface area contributed by atoms with Crippen LogP contribution < -0.4 is 11.1 Å². The fourth-order valence-corrected chi connectivity index (χ4v) is 2.21. The minimum Gasteiger partial charge on any atom is -0.479 e. The average Bonchev–Trinajstić information content (AvgIpc) is 2.90. The maximum Gasteiger partial charge on any atom is 0.332 e. The van der Waals surface area contributed by atoms with E-state index in [9.17, 15) is 14.4 Å². The minimum absolute atomic E-state index is 0.0136. The normalized spacial score (nSPS) is 21.0. The molecule has 21 heavy (non-hydrogen) atoms. The maximum atomic E-state index is 12.1. The monoisotopic (exact) mass is 292 g/mol. The summed E-state index contributed by atoms with van der Waals surface area (Å²) >= 11 is 0. The van der Waals surface area contributed by atoms with Crippen molar-refractivity contribution in [2.45, 2.75) is 31.5 Å². The highest BCUT2D eigenvalue weighted by Gasteiger charge is 2.34. The number of carboxylic acid groups (broad SMARTS) is 1. The van der Waals surface area contributed by atoms with Gasteiger partial charge in [-0.3, -0.25) is 9.59 Å². The number of nitrogens with two attached hydrogens (primary N) is 1. The molecule has 1 aliphatic rings. The van der Waals surface area contributed by atoms with Gasteiger partial charge in [0, 0.05) is 5.69 Å². The van der Waals surface area contributed by atoms with Gasteiger partial charge in [0.1, 0.15) is 6.10 Å². The highest BCUT2D eigenvalue weighted by atomic mass is 16.5. The topological polar surface area (TPSA) is 119 Å². The third-order valence-electron chi connectivity index (χ3n) is 3.23. The van der Waals surface area contributed by atoms with Gasteiger partial charge in [0.05, 0.1) is 6.42 Å². The number of benzene rings is 1. The van der Waals surface area contributed by atoms with Crippen LogP contribution in [0.1, 0.15) is 18.4 Å². The van der Waals surface area contributed by atoms with Gasteiger partial charge in [-0.1, -0.05) is 18.2 Å². The predicted octanol–water partition coefficient (Wildman–Crippen LogP) is 0.285. The number of carbonyl (C=O) groups excluding carboxylic acids is 2. The first-order chi connectivity index (χ1) is 9.97.